The SMILES string of the molecule is CC1OCCC1C(O)c1ccc2c(c1)CN(C)C(=O)N2. The summed E-state index contributed by atoms with van der Waals surface area (Å²) in [4.78, 5) is 13.2. The smallest absolute Gasteiger partial charge is 0.321 e. The number of nitrogens with zero attached hydrogens (tertiary/aromatic N) is 1. The molecule has 0 aromatic heterocycles. The van der Waals surface area contributed by atoms with Gasteiger partial charge in [0.2, 0.25) is 0 Å². The maximum atomic E-state index is 11.6. The van der Waals surface area contributed by atoms with E-state index in [-0.39, 0.29) is 18.1 Å². The minimum atomic E-state index is -0.513. The monoisotopic (exact) mass is 276 g/mol. The highest BCUT2D eigenvalue weighted by Gasteiger charge is 2.32. The van der Waals surface area contributed by atoms with E-state index in [1.165, 1.54) is 0 Å². The van der Waals surface area contributed by atoms with Crippen LogP contribution in [0.3, 0.4) is 0 Å². The zero-order valence-electron chi connectivity index (χ0n) is 11.8. The van der Waals surface area contributed by atoms with Gasteiger partial charge >= 0.3 is 6.03 Å². The van der Waals surface area contributed by atoms with Gasteiger partial charge in [-0.25, -0.2) is 4.79 Å². The molecule has 0 spiro atoms. The molecule has 2 amide bonds. The number of aliphatic hydroxyl groups excluding tert-OH is 1. The third kappa shape index (κ3) is 2.27. The van der Waals surface area contributed by atoms with Crippen LogP contribution in [0.1, 0.15) is 30.6 Å². The van der Waals surface area contributed by atoms with Crippen LogP contribution in [-0.4, -0.2) is 35.8 Å². The van der Waals surface area contributed by atoms with E-state index in [2.05, 4.69) is 5.32 Å². The van der Waals surface area contributed by atoms with E-state index < -0.39 is 6.10 Å². The number of fused-ring (bicyclic) bond motifs is 1. The number of urea groups is 1. The number of amides is 2. The fourth-order valence-electron chi connectivity index (χ4n) is 3.00. The van der Waals surface area contributed by atoms with E-state index in [0.717, 1.165) is 23.2 Å². The summed E-state index contributed by atoms with van der Waals surface area (Å²) in [6, 6.07) is 5.66. The number of nitrogens with one attached hydrogen (secondary N) is 1. The average Bonchev–Trinajstić information content (AvgIpc) is 2.85. The first kappa shape index (κ1) is 13.4. The quantitative estimate of drug-likeness (QED) is 0.869. The molecule has 2 aliphatic heterocycles. The zero-order chi connectivity index (χ0) is 14.3. The van der Waals surface area contributed by atoms with Gasteiger partial charge in [0.15, 0.2) is 0 Å². The summed E-state index contributed by atoms with van der Waals surface area (Å²) >= 11 is 0. The van der Waals surface area contributed by atoms with Gasteiger partial charge in [0.25, 0.3) is 0 Å². The standard InChI is InChI=1S/C15H20N2O3/c1-9-12(5-6-20-9)14(18)10-3-4-13-11(7-10)8-17(2)15(19)16-13/h3-4,7,9,12,14,18H,5-6,8H2,1-2H3,(H,16,19). The Hall–Kier alpha value is -1.59. The molecule has 1 fully saturated rings. The summed E-state index contributed by atoms with van der Waals surface area (Å²) in [5.74, 6) is 0.143. The zero-order valence-corrected chi connectivity index (χ0v) is 11.8. The van der Waals surface area contributed by atoms with Gasteiger partial charge in [-0.3, -0.25) is 0 Å². The highest BCUT2D eigenvalue weighted by Crippen LogP contribution is 2.35. The predicted octanol–water partition coefficient (Wildman–Crippen LogP) is 2.12. The van der Waals surface area contributed by atoms with E-state index in [9.17, 15) is 9.90 Å². The lowest BCUT2D eigenvalue weighted by molar-refractivity contribution is 0.0431. The molecular weight excluding hydrogens is 256 g/mol. The minimum Gasteiger partial charge on any atom is -0.388 e. The van der Waals surface area contributed by atoms with Crippen molar-refractivity contribution in [2.45, 2.75) is 32.1 Å². The Balaban J connectivity index is 1.85. The number of hydrogen-bond acceptors (Lipinski definition) is 3. The van der Waals surface area contributed by atoms with E-state index in [0.29, 0.717) is 13.2 Å². The molecule has 1 saturated heterocycles. The second-order valence-electron chi connectivity index (χ2n) is 5.68. The summed E-state index contributed by atoms with van der Waals surface area (Å²) in [5.41, 5.74) is 2.77. The van der Waals surface area contributed by atoms with Crippen molar-refractivity contribution in [2.24, 2.45) is 5.92 Å². The van der Waals surface area contributed by atoms with E-state index >= 15 is 0 Å². The summed E-state index contributed by atoms with van der Waals surface area (Å²) in [6.45, 7) is 3.29. The van der Waals surface area contributed by atoms with Gasteiger partial charge < -0.3 is 20.1 Å². The van der Waals surface area contributed by atoms with Gasteiger partial charge in [0.05, 0.1) is 12.2 Å². The Bertz CT molecular complexity index is 532. The van der Waals surface area contributed by atoms with Gasteiger partial charge in [-0.15, -0.1) is 0 Å². The second-order valence-corrected chi connectivity index (χ2v) is 5.68. The van der Waals surface area contributed by atoms with Gasteiger partial charge in [0.1, 0.15) is 0 Å². The number of benzene rings is 1. The molecule has 3 unspecified atom stereocenters. The molecule has 2 aliphatic rings. The van der Waals surface area contributed by atoms with Crippen molar-refractivity contribution in [1.82, 2.24) is 4.90 Å². The Morgan fingerprint density at radius 1 is 1.50 bits per heavy atom. The fourth-order valence-corrected chi connectivity index (χ4v) is 3.00. The first-order valence-corrected chi connectivity index (χ1v) is 7.01. The van der Waals surface area contributed by atoms with Crippen LogP contribution in [0, 0.1) is 5.92 Å². The van der Waals surface area contributed by atoms with E-state index in [1.54, 1.807) is 11.9 Å². The third-order valence-corrected chi connectivity index (χ3v) is 4.31. The highest BCUT2D eigenvalue weighted by molar-refractivity contribution is 5.92. The molecule has 0 saturated carbocycles. The van der Waals surface area contributed by atoms with Crippen molar-refractivity contribution in [3.05, 3.63) is 29.3 Å². The molecule has 1 aromatic rings. The van der Waals surface area contributed by atoms with Crippen molar-refractivity contribution in [2.75, 3.05) is 19.0 Å². The van der Waals surface area contributed by atoms with Crippen LogP contribution < -0.4 is 5.32 Å². The van der Waals surface area contributed by atoms with Crippen LogP contribution in [0.5, 0.6) is 0 Å². The molecule has 108 valence electrons. The molecule has 0 aliphatic carbocycles. The first-order chi connectivity index (χ1) is 9.56. The molecule has 5 heteroatoms. The largest absolute Gasteiger partial charge is 0.388 e. The van der Waals surface area contributed by atoms with E-state index in [1.807, 2.05) is 25.1 Å². The van der Waals surface area contributed by atoms with Crippen LogP contribution in [0.2, 0.25) is 0 Å². The van der Waals surface area contributed by atoms with Crippen LogP contribution >= 0.6 is 0 Å². The molecule has 20 heavy (non-hydrogen) atoms. The Labute approximate surface area is 118 Å². The average molecular weight is 276 g/mol. The summed E-state index contributed by atoms with van der Waals surface area (Å²) in [7, 11) is 1.76. The molecule has 0 bridgehead atoms. The summed E-state index contributed by atoms with van der Waals surface area (Å²) in [6.07, 6.45) is 0.458. The Kier molecular flexibility index (Phi) is 3.40. The van der Waals surface area contributed by atoms with Crippen molar-refractivity contribution in [1.29, 1.82) is 0 Å². The van der Waals surface area contributed by atoms with Gasteiger partial charge in [-0.05, 0) is 36.6 Å². The number of aliphatic hydroxyl groups is 1. The first-order valence-electron chi connectivity index (χ1n) is 7.01. The lowest BCUT2D eigenvalue weighted by Gasteiger charge is -2.28. The summed E-state index contributed by atoms with van der Waals surface area (Å²) < 4.78 is 5.53. The Morgan fingerprint density at radius 2 is 2.30 bits per heavy atom. The molecule has 2 N–H and O–H groups in total. The normalized spacial score (nSPS) is 27.1. The molecule has 3 rings (SSSR count). The molecule has 1 aromatic carbocycles. The van der Waals surface area contributed by atoms with Crippen molar-refractivity contribution in [3.63, 3.8) is 0 Å². The van der Waals surface area contributed by atoms with Crippen molar-refractivity contribution in [3.8, 4) is 0 Å². The van der Waals surface area contributed by atoms with Crippen LogP contribution in [-0.2, 0) is 11.3 Å². The maximum Gasteiger partial charge on any atom is 0.321 e. The number of ether oxygens (including phenoxy) is 1. The lowest BCUT2D eigenvalue weighted by Crippen LogP contribution is -2.35. The highest BCUT2D eigenvalue weighted by atomic mass is 16.5. The molecular formula is C15H20N2O3. The van der Waals surface area contributed by atoms with Gasteiger partial charge in [-0.1, -0.05) is 6.07 Å². The van der Waals surface area contributed by atoms with Crippen LogP contribution in [0.4, 0.5) is 10.5 Å². The second kappa shape index (κ2) is 5.07. The topological polar surface area (TPSA) is 61.8 Å². The van der Waals surface area contributed by atoms with Crippen LogP contribution in [0.15, 0.2) is 18.2 Å². The predicted molar refractivity (Wildman–Crippen MR) is 75.4 cm³/mol. The summed E-state index contributed by atoms with van der Waals surface area (Å²) in [5, 5.41) is 13.4. The van der Waals surface area contributed by atoms with Gasteiger partial charge in [-0.2, -0.15) is 0 Å². The van der Waals surface area contributed by atoms with Gasteiger partial charge in [0, 0.05) is 31.8 Å². The van der Waals surface area contributed by atoms with Crippen molar-refractivity contribution < 1.29 is 14.6 Å². The van der Waals surface area contributed by atoms with Crippen LogP contribution in [0.25, 0.3) is 0 Å². The third-order valence-electron chi connectivity index (χ3n) is 4.31. The maximum absolute atomic E-state index is 11.6. The number of hydrogen-bond donors (Lipinski definition) is 2. The number of carbonyl (C=O) groups is 1. The number of rotatable bonds is 2. The lowest BCUT2D eigenvalue weighted by atomic mass is 9.89. The van der Waals surface area contributed by atoms with Crippen molar-refractivity contribution >= 4 is 11.7 Å². The fraction of sp³-hybridized carbons (Fsp3) is 0.533. The number of anilines is 1. The van der Waals surface area contributed by atoms with E-state index in [4.69, 9.17) is 4.74 Å². The molecule has 5 nitrogen and oxygen atoms in total. The molecule has 3 atom stereocenters. The molecule has 2 heterocycles. The molecule has 0 radical (unpaired) electrons. The number of carbonyl (C=O) groups excluding carboxylic acids is 1. The Morgan fingerprint density at radius 3 is 3.00 bits per heavy atom. The minimum absolute atomic E-state index is 0.0865.